The number of hydrogen-bond acceptors (Lipinski definition) is 5. The Hall–Kier alpha value is -2.24. The van der Waals surface area contributed by atoms with Gasteiger partial charge in [-0.3, -0.25) is 9.45 Å². The number of halogens is 1. The molecule has 2 atom stereocenters. The van der Waals surface area contributed by atoms with Gasteiger partial charge < -0.3 is 5.11 Å². The molecule has 0 aromatic heterocycles. The highest BCUT2D eigenvalue weighted by Crippen LogP contribution is 2.48. The van der Waals surface area contributed by atoms with Crippen LogP contribution in [0.3, 0.4) is 0 Å². The molecule has 118 valence electrons. The van der Waals surface area contributed by atoms with Crippen LogP contribution in [0.4, 0.5) is 9.18 Å². The van der Waals surface area contributed by atoms with E-state index in [4.69, 9.17) is 4.55 Å². The zero-order chi connectivity index (χ0) is 16.3. The lowest BCUT2D eigenvalue weighted by molar-refractivity contribution is -0.164. The summed E-state index contributed by atoms with van der Waals surface area (Å²) in [4.78, 5) is 23.8. The fourth-order valence-corrected chi connectivity index (χ4v) is 3.08. The van der Waals surface area contributed by atoms with E-state index in [-0.39, 0.29) is 16.2 Å². The predicted octanol–water partition coefficient (Wildman–Crippen LogP) is 0.420. The number of carbonyl (C=O) groups excluding carboxylic acids is 1. The normalized spacial score (nSPS) is 27.0. The number of carboxylic acid groups (broad SMARTS) is 1. The van der Waals surface area contributed by atoms with Crippen LogP contribution in [0, 0.1) is 0 Å². The molecule has 2 unspecified atom stereocenters. The summed E-state index contributed by atoms with van der Waals surface area (Å²) in [6, 6.07) is 3.03. The maximum atomic E-state index is 15.0. The first-order chi connectivity index (χ1) is 10.2. The molecule has 0 saturated carbocycles. The number of carboxylic acids is 1. The molecule has 1 aromatic carbocycles. The Bertz CT molecular complexity index is 782. The maximum absolute atomic E-state index is 15.0. The zero-order valence-corrected chi connectivity index (χ0v) is 11.5. The second-order valence-corrected chi connectivity index (χ2v) is 5.76. The Morgan fingerprint density at radius 2 is 2.05 bits per heavy atom. The van der Waals surface area contributed by atoms with Gasteiger partial charge in [0.05, 0.1) is 6.54 Å². The summed E-state index contributed by atoms with van der Waals surface area (Å²) in [6.45, 7) is -0.436. The number of amides is 2. The Morgan fingerprint density at radius 3 is 2.64 bits per heavy atom. The van der Waals surface area contributed by atoms with Crippen LogP contribution in [0.2, 0.25) is 0 Å². The second kappa shape index (κ2) is 4.38. The van der Waals surface area contributed by atoms with Crippen LogP contribution in [-0.2, 0) is 25.3 Å². The lowest BCUT2D eigenvalue weighted by Crippen LogP contribution is -2.51. The summed E-state index contributed by atoms with van der Waals surface area (Å²) in [5.41, 5.74) is -0.216. The number of nitrogens with zero attached hydrogens (tertiary/aromatic N) is 2. The molecule has 2 heterocycles. The Balaban J connectivity index is 2.19. The molecular weight excluding hydrogens is 323 g/mol. The number of alkyl halides is 1. The molecule has 2 aliphatic heterocycles. The highest BCUT2D eigenvalue weighted by atomic mass is 32.3. The van der Waals surface area contributed by atoms with Gasteiger partial charge >= 0.3 is 28.2 Å². The van der Waals surface area contributed by atoms with E-state index in [1.54, 1.807) is 0 Å². The lowest BCUT2D eigenvalue weighted by Gasteiger charge is -2.34. The average Bonchev–Trinajstić information content (AvgIpc) is 2.71. The van der Waals surface area contributed by atoms with Crippen molar-refractivity contribution in [2.24, 2.45) is 0 Å². The van der Waals surface area contributed by atoms with Crippen molar-refractivity contribution in [2.45, 2.75) is 11.8 Å². The van der Waals surface area contributed by atoms with Crippen LogP contribution >= 0.6 is 0 Å². The van der Waals surface area contributed by atoms with Crippen LogP contribution < -0.4 is 0 Å². The van der Waals surface area contributed by atoms with Crippen molar-refractivity contribution in [1.82, 2.24) is 9.96 Å². The van der Waals surface area contributed by atoms with Crippen molar-refractivity contribution in [3.63, 3.8) is 0 Å². The van der Waals surface area contributed by atoms with Crippen LogP contribution in [0.25, 0.3) is 0 Å². The largest absolute Gasteiger partial charge is 0.477 e. The molecule has 11 heteroatoms. The van der Waals surface area contributed by atoms with Gasteiger partial charge in [-0.15, -0.1) is 4.28 Å². The number of urea groups is 1. The monoisotopic (exact) mass is 332 g/mol. The molecule has 2 amide bonds. The minimum atomic E-state index is -5.03. The fraction of sp³-hybridized carbons (Fsp3) is 0.273. The third-order valence-electron chi connectivity index (χ3n) is 3.56. The first-order valence-corrected chi connectivity index (χ1v) is 7.32. The van der Waals surface area contributed by atoms with Gasteiger partial charge in [0, 0.05) is 5.56 Å². The minimum absolute atomic E-state index is 0.0816. The molecule has 2 N–H and O–H groups in total. The molecule has 3 rings (SSSR count). The van der Waals surface area contributed by atoms with Crippen LogP contribution in [0.15, 0.2) is 24.3 Å². The molecule has 1 aromatic rings. The molecular formula is C11H9FN2O7S. The number of hydroxylamine groups is 2. The Kier molecular flexibility index (Phi) is 2.92. The summed E-state index contributed by atoms with van der Waals surface area (Å²) < 4.78 is 49.6. The van der Waals surface area contributed by atoms with Gasteiger partial charge in [0.1, 0.15) is 6.04 Å². The third kappa shape index (κ3) is 1.86. The molecule has 0 aliphatic carbocycles. The highest BCUT2D eigenvalue weighted by Gasteiger charge is 2.62. The third-order valence-corrected chi connectivity index (χ3v) is 3.91. The van der Waals surface area contributed by atoms with Crippen LogP contribution in [-0.4, -0.2) is 46.6 Å². The van der Waals surface area contributed by atoms with E-state index in [9.17, 15) is 23.1 Å². The highest BCUT2D eigenvalue weighted by molar-refractivity contribution is 7.80. The van der Waals surface area contributed by atoms with E-state index < -0.39 is 40.8 Å². The molecule has 2 aliphatic rings. The molecule has 0 spiro atoms. The van der Waals surface area contributed by atoms with E-state index in [1.165, 1.54) is 24.3 Å². The van der Waals surface area contributed by atoms with Crippen molar-refractivity contribution in [3.8, 4) is 0 Å². The van der Waals surface area contributed by atoms with Crippen molar-refractivity contribution in [1.29, 1.82) is 0 Å². The van der Waals surface area contributed by atoms with Gasteiger partial charge in [-0.1, -0.05) is 24.3 Å². The number of aliphatic carboxylic acids is 1. The Labute approximate surface area is 123 Å². The van der Waals surface area contributed by atoms with E-state index in [0.29, 0.717) is 4.90 Å². The molecule has 0 radical (unpaired) electrons. The van der Waals surface area contributed by atoms with Crippen LogP contribution in [0.1, 0.15) is 17.2 Å². The summed E-state index contributed by atoms with van der Waals surface area (Å²) >= 11 is 0. The van der Waals surface area contributed by atoms with Gasteiger partial charge in [-0.05, 0) is 5.56 Å². The van der Waals surface area contributed by atoms with Gasteiger partial charge in [-0.25, -0.2) is 14.0 Å². The summed E-state index contributed by atoms with van der Waals surface area (Å²) in [6.07, 6.45) is 0. The number of fused-ring (bicyclic) bond motifs is 4. The minimum Gasteiger partial charge on any atom is -0.477 e. The standard InChI is InChI=1S/C11H9FN2O7S/c12-11(9(15)16)7-4-2-1-3-6(7)8-5-13(11)10(17)14(8)21-22(18,19)20/h1-4,8H,5H2,(H,15,16)(H,18,19,20). The van der Waals surface area contributed by atoms with E-state index in [0.717, 1.165) is 0 Å². The fourth-order valence-electron chi connectivity index (χ4n) is 2.71. The number of carbonyl (C=O) groups is 2. The molecule has 2 bridgehead atoms. The molecule has 22 heavy (non-hydrogen) atoms. The van der Waals surface area contributed by atoms with E-state index >= 15 is 4.39 Å². The lowest BCUT2D eigenvalue weighted by atomic mass is 9.89. The SMILES string of the molecule is O=C1N(OS(=O)(=O)O)C2CN1C(F)(C(=O)O)c1ccccc12. The summed E-state index contributed by atoms with van der Waals surface area (Å²) in [7, 11) is -5.03. The van der Waals surface area contributed by atoms with Gasteiger partial charge in [0.2, 0.25) is 0 Å². The van der Waals surface area contributed by atoms with Crippen molar-refractivity contribution in [3.05, 3.63) is 35.4 Å². The number of rotatable bonds is 3. The molecule has 1 saturated heterocycles. The van der Waals surface area contributed by atoms with Crippen LogP contribution in [0.5, 0.6) is 0 Å². The van der Waals surface area contributed by atoms with Crippen molar-refractivity contribution < 1.29 is 36.3 Å². The van der Waals surface area contributed by atoms with E-state index in [2.05, 4.69) is 4.28 Å². The molecule has 9 nitrogen and oxygen atoms in total. The van der Waals surface area contributed by atoms with Crippen molar-refractivity contribution >= 4 is 22.4 Å². The summed E-state index contributed by atoms with van der Waals surface area (Å²) in [5, 5.41) is 9.45. The average molecular weight is 332 g/mol. The molecule has 1 fully saturated rings. The topological polar surface area (TPSA) is 124 Å². The number of benzene rings is 1. The number of hydrogen-bond donors (Lipinski definition) is 2. The zero-order valence-electron chi connectivity index (χ0n) is 10.7. The maximum Gasteiger partial charge on any atom is 0.418 e. The van der Waals surface area contributed by atoms with E-state index in [1.807, 2.05) is 0 Å². The smallest absolute Gasteiger partial charge is 0.418 e. The predicted molar refractivity (Wildman–Crippen MR) is 66.2 cm³/mol. The Morgan fingerprint density at radius 1 is 1.41 bits per heavy atom. The van der Waals surface area contributed by atoms with Crippen molar-refractivity contribution in [2.75, 3.05) is 6.54 Å². The van der Waals surface area contributed by atoms with Gasteiger partial charge in [0.15, 0.2) is 0 Å². The first kappa shape index (κ1) is 14.7. The first-order valence-electron chi connectivity index (χ1n) is 5.96. The summed E-state index contributed by atoms with van der Waals surface area (Å²) in [5.74, 6) is -5.07. The van der Waals surface area contributed by atoms with Gasteiger partial charge in [-0.2, -0.15) is 13.5 Å². The quantitative estimate of drug-likeness (QED) is 0.607. The second-order valence-electron chi connectivity index (χ2n) is 4.75. The van der Waals surface area contributed by atoms with Gasteiger partial charge in [0.25, 0.3) is 0 Å².